The van der Waals surface area contributed by atoms with Crippen LogP contribution in [0.5, 0.6) is 0 Å². The first-order chi connectivity index (χ1) is 8.49. The van der Waals surface area contributed by atoms with E-state index >= 15 is 0 Å². The predicted octanol–water partition coefficient (Wildman–Crippen LogP) is 4.66. The highest BCUT2D eigenvalue weighted by molar-refractivity contribution is 7.99. The van der Waals surface area contributed by atoms with Crippen LogP contribution in [0.1, 0.15) is 31.3 Å². The molecule has 96 valence electrons. The van der Waals surface area contributed by atoms with E-state index in [1.807, 2.05) is 25.1 Å². The van der Waals surface area contributed by atoms with E-state index in [-0.39, 0.29) is 0 Å². The second-order valence-corrected chi connectivity index (χ2v) is 6.12. The Morgan fingerprint density at radius 1 is 1.33 bits per heavy atom. The van der Waals surface area contributed by atoms with Crippen molar-refractivity contribution in [2.75, 3.05) is 0 Å². The van der Waals surface area contributed by atoms with Gasteiger partial charge in [-0.3, -0.25) is 0 Å². The second-order valence-electron chi connectivity index (χ2n) is 4.62. The molecule has 0 unspecified atom stereocenters. The topological polar surface area (TPSA) is 17.8 Å². The van der Waals surface area contributed by atoms with Crippen LogP contribution >= 0.6 is 23.4 Å². The summed E-state index contributed by atoms with van der Waals surface area (Å²) in [4.78, 5) is 5.78. The van der Waals surface area contributed by atoms with Crippen molar-refractivity contribution in [3.05, 3.63) is 40.8 Å². The van der Waals surface area contributed by atoms with Crippen LogP contribution in [0.15, 0.2) is 34.2 Å². The molecule has 0 spiro atoms. The summed E-state index contributed by atoms with van der Waals surface area (Å²) in [6.45, 7) is 6.38. The van der Waals surface area contributed by atoms with Crippen molar-refractivity contribution in [3.8, 4) is 0 Å². The lowest BCUT2D eigenvalue weighted by Gasteiger charge is -2.08. The fourth-order valence-corrected chi connectivity index (χ4v) is 3.22. The van der Waals surface area contributed by atoms with Crippen molar-refractivity contribution in [1.29, 1.82) is 0 Å². The van der Waals surface area contributed by atoms with Gasteiger partial charge in [0, 0.05) is 17.0 Å². The molecule has 1 heterocycles. The molecule has 0 saturated carbocycles. The summed E-state index contributed by atoms with van der Waals surface area (Å²) in [6.07, 6.45) is 0. The highest BCUT2D eigenvalue weighted by Crippen LogP contribution is 2.34. The van der Waals surface area contributed by atoms with Crippen LogP contribution in [0.2, 0.25) is 5.02 Å². The van der Waals surface area contributed by atoms with Crippen molar-refractivity contribution < 1.29 is 0 Å². The number of hydrogen-bond donors (Lipinski definition) is 0. The number of benzene rings is 1. The van der Waals surface area contributed by atoms with Gasteiger partial charge in [-0.25, -0.2) is 4.98 Å². The molecule has 0 saturated heterocycles. The molecule has 0 N–H and O–H groups in total. The first-order valence-electron chi connectivity index (χ1n) is 5.95. The number of aromatic nitrogens is 2. The highest BCUT2D eigenvalue weighted by Gasteiger charge is 2.16. The number of aryl methyl sites for hydroxylation is 1. The molecule has 0 amide bonds. The van der Waals surface area contributed by atoms with E-state index in [1.165, 1.54) is 5.03 Å². The Hall–Kier alpha value is -0.930. The molecule has 1 aromatic heterocycles. The van der Waals surface area contributed by atoms with Gasteiger partial charge in [0.2, 0.25) is 0 Å². The summed E-state index contributed by atoms with van der Waals surface area (Å²) in [5.74, 6) is 1.47. The summed E-state index contributed by atoms with van der Waals surface area (Å²) in [5.41, 5.74) is 1.15. The lowest BCUT2D eigenvalue weighted by Crippen LogP contribution is -1.95. The van der Waals surface area contributed by atoms with E-state index < -0.39 is 0 Å². The molecule has 0 aliphatic heterocycles. The van der Waals surface area contributed by atoms with Gasteiger partial charge in [-0.05, 0) is 31.0 Å². The maximum Gasteiger partial charge on any atom is 0.106 e. The molecule has 0 fully saturated rings. The quantitative estimate of drug-likeness (QED) is 0.814. The molecule has 0 radical (unpaired) electrons. The molecule has 0 aliphatic rings. The molecular weight excluding hydrogens is 264 g/mol. The summed E-state index contributed by atoms with van der Waals surface area (Å²) in [7, 11) is 2.06. The van der Waals surface area contributed by atoms with E-state index in [0.717, 1.165) is 21.4 Å². The molecule has 0 bridgehead atoms. The maximum absolute atomic E-state index is 6.02. The third-order valence-corrected chi connectivity index (χ3v) is 4.25. The Kier molecular flexibility index (Phi) is 4.03. The Balaban J connectivity index is 2.39. The van der Waals surface area contributed by atoms with E-state index in [2.05, 4.69) is 36.5 Å². The van der Waals surface area contributed by atoms with Crippen molar-refractivity contribution >= 4 is 23.4 Å². The average Bonchev–Trinajstić information content (AvgIpc) is 2.57. The third kappa shape index (κ3) is 2.73. The zero-order valence-corrected chi connectivity index (χ0v) is 12.6. The van der Waals surface area contributed by atoms with Crippen LogP contribution in [-0.4, -0.2) is 9.55 Å². The van der Waals surface area contributed by atoms with Gasteiger partial charge < -0.3 is 4.57 Å². The summed E-state index contributed by atoms with van der Waals surface area (Å²) in [6, 6.07) is 7.92. The van der Waals surface area contributed by atoms with Crippen LogP contribution < -0.4 is 0 Å². The van der Waals surface area contributed by atoms with Gasteiger partial charge in [-0.15, -0.1) is 0 Å². The van der Waals surface area contributed by atoms with Crippen molar-refractivity contribution in [3.63, 3.8) is 0 Å². The fourth-order valence-electron chi connectivity index (χ4n) is 1.75. The molecule has 2 nitrogen and oxygen atoms in total. The molecule has 1 aromatic carbocycles. The third-order valence-electron chi connectivity index (χ3n) is 2.85. The first kappa shape index (κ1) is 13.5. The number of nitrogens with zero attached hydrogens (tertiary/aromatic N) is 2. The van der Waals surface area contributed by atoms with Crippen molar-refractivity contribution in [2.24, 2.45) is 7.05 Å². The Labute approximate surface area is 117 Å². The number of hydrogen-bond acceptors (Lipinski definition) is 2. The van der Waals surface area contributed by atoms with Gasteiger partial charge in [0.15, 0.2) is 0 Å². The Morgan fingerprint density at radius 3 is 2.67 bits per heavy atom. The molecular formula is C14H17ClN2S. The van der Waals surface area contributed by atoms with Crippen molar-refractivity contribution in [2.45, 2.75) is 36.6 Å². The van der Waals surface area contributed by atoms with Crippen LogP contribution in [0.4, 0.5) is 0 Å². The number of imidazole rings is 1. The minimum Gasteiger partial charge on any atom is -0.326 e. The van der Waals surface area contributed by atoms with Crippen LogP contribution in [-0.2, 0) is 7.05 Å². The van der Waals surface area contributed by atoms with Gasteiger partial charge in [0.1, 0.15) is 10.9 Å². The zero-order valence-electron chi connectivity index (χ0n) is 11.1. The monoisotopic (exact) mass is 280 g/mol. The van der Waals surface area contributed by atoms with Gasteiger partial charge >= 0.3 is 0 Å². The van der Waals surface area contributed by atoms with Gasteiger partial charge in [0.05, 0.1) is 5.69 Å². The molecule has 2 rings (SSSR count). The largest absolute Gasteiger partial charge is 0.326 e. The van der Waals surface area contributed by atoms with E-state index in [0.29, 0.717) is 5.92 Å². The van der Waals surface area contributed by atoms with Crippen LogP contribution in [0.3, 0.4) is 0 Å². The van der Waals surface area contributed by atoms with E-state index in [9.17, 15) is 0 Å². The first-order valence-corrected chi connectivity index (χ1v) is 7.15. The van der Waals surface area contributed by atoms with Gasteiger partial charge in [-0.1, -0.05) is 43.3 Å². The normalized spacial score (nSPS) is 11.2. The Bertz CT molecular complexity index is 561. The molecule has 0 aliphatic carbocycles. The van der Waals surface area contributed by atoms with Crippen molar-refractivity contribution in [1.82, 2.24) is 9.55 Å². The van der Waals surface area contributed by atoms with Crippen LogP contribution in [0, 0.1) is 6.92 Å². The smallest absolute Gasteiger partial charge is 0.106 e. The van der Waals surface area contributed by atoms with Gasteiger partial charge in [-0.2, -0.15) is 0 Å². The summed E-state index contributed by atoms with van der Waals surface area (Å²) in [5, 5.41) is 1.97. The van der Waals surface area contributed by atoms with Gasteiger partial charge in [0.25, 0.3) is 0 Å². The molecule has 0 atom stereocenters. The predicted molar refractivity (Wildman–Crippen MR) is 77.6 cm³/mol. The second kappa shape index (κ2) is 5.37. The number of halogens is 1. The summed E-state index contributed by atoms with van der Waals surface area (Å²) >= 11 is 7.74. The Morgan fingerprint density at radius 2 is 2.06 bits per heavy atom. The average molecular weight is 281 g/mol. The highest BCUT2D eigenvalue weighted by atomic mass is 35.5. The zero-order chi connectivity index (χ0) is 13.3. The standard InChI is InChI=1S/C14H17ClN2S/c1-9(2)13-14(17(4)10(3)16-13)18-12-7-5-6-11(15)8-12/h5-9H,1-4H3. The summed E-state index contributed by atoms with van der Waals surface area (Å²) < 4.78 is 2.14. The minimum absolute atomic E-state index is 0.423. The SMILES string of the molecule is Cc1nc(C(C)C)c(Sc2cccc(Cl)c2)n1C. The molecule has 18 heavy (non-hydrogen) atoms. The minimum atomic E-state index is 0.423. The fraction of sp³-hybridized carbons (Fsp3) is 0.357. The molecule has 2 aromatic rings. The lowest BCUT2D eigenvalue weighted by atomic mass is 10.2. The molecule has 4 heteroatoms. The van der Waals surface area contributed by atoms with E-state index in [4.69, 9.17) is 11.6 Å². The number of rotatable bonds is 3. The lowest BCUT2D eigenvalue weighted by molar-refractivity contribution is 0.754. The van der Waals surface area contributed by atoms with Crippen LogP contribution in [0.25, 0.3) is 0 Å². The maximum atomic E-state index is 6.02. The van der Waals surface area contributed by atoms with E-state index in [1.54, 1.807) is 11.8 Å².